The van der Waals surface area contributed by atoms with Crippen LogP contribution in [0.25, 0.3) is 0 Å². The molecule has 154 valence electrons. The Balaban J connectivity index is 1.52. The largest absolute Gasteiger partial charge is 0.372 e. The number of hydrogen-bond donors (Lipinski definition) is 1. The number of anilines is 1. The number of amides is 1. The molecule has 2 aromatic carbocycles. The molecule has 0 aliphatic carbocycles. The van der Waals surface area contributed by atoms with Crippen LogP contribution in [-0.2, 0) is 22.7 Å². The highest BCUT2D eigenvalue weighted by molar-refractivity contribution is 5.71. The number of benzene rings is 2. The number of aromatic nitrogens is 1. The lowest BCUT2D eigenvalue weighted by molar-refractivity contribution is -0.105. The Kier molecular flexibility index (Phi) is 6.85. The molecule has 0 bridgehead atoms. The third kappa shape index (κ3) is 5.12. The van der Waals surface area contributed by atoms with Gasteiger partial charge in [-0.3, -0.25) is 14.7 Å². The van der Waals surface area contributed by atoms with Crippen molar-refractivity contribution in [3.05, 3.63) is 95.8 Å². The van der Waals surface area contributed by atoms with Crippen molar-refractivity contribution >= 4 is 12.1 Å². The standard InChI is InChI=1S/C25H27N3O2/c29-19-27-23-9-4-6-21(16-23)18-30-24-10-5-15-28(17-20-11-13-26-14-12-20)25(24)22-7-2-1-3-8-22/h1-4,6-9,11-14,16,19,24-25H,5,10,15,17-18H2,(H,27,29)/t24-,25-/m1/s1. The van der Waals surface area contributed by atoms with Crippen LogP contribution >= 0.6 is 0 Å². The SMILES string of the molecule is O=CNc1cccc(CO[C@@H]2CCCN(Cc3ccncc3)[C@@H]2c2ccccc2)c1. The average Bonchev–Trinajstić information content (AvgIpc) is 2.80. The van der Waals surface area contributed by atoms with Gasteiger partial charge in [-0.1, -0.05) is 42.5 Å². The van der Waals surface area contributed by atoms with E-state index in [1.807, 2.05) is 36.7 Å². The van der Waals surface area contributed by atoms with Gasteiger partial charge in [0.2, 0.25) is 6.41 Å². The minimum absolute atomic E-state index is 0.102. The fourth-order valence-corrected chi connectivity index (χ4v) is 4.20. The van der Waals surface area contributed by atoms with E-state index < -0.39 is 0 Å². The molecule has 2 atom stereocenters. The number of carbonyl (C=O) groups excluding carboxylic acids is 1. The maximum absolute atomic E-state index is 10.7. The van der Waals surface area contributed by atoms with Crippen molar-refractivity contribution < 1.29 is 9.53 Å². The van der Waals surface area contributed by atoms with Gasteiger partial charge in [0.25, 0.3) is 0 Å². The number of hydrogen-bond acceptors (Lipinski definition) is 4. The van der Waals surface area contributed by atoms with Crippen LogP contribution in [0, 0.1) is 0 Å². The van der Waals surface area contributed by atoms with Crippen LogP contribution in [0.5, 0.6) is 0 Å². The Morgan fingerprint density at radius 1 is 1.03 bits per heavy atom. The molecule has 0 saturated carbocycles. The van der Waals surface area contributed by atoms with Crippen LogP contribution in [0.1, 0.15) is 35.6 Å². The van der Waals surface area contributed by atoms with E-state index in [2.05, 4.69) is 57.7 Å². The third-order valence-corrected chi connectivity index (χ3v) is 5.57. The average molecular weight is 402 g/mol. The predicted molar refractivity (Wildman–Crippen MR) is 118 cm³/mol. The molecular weight excluding hydrogens is 374 g/mol. The van der Waals surface area contributed by atoms with Crippen LogP contribution in [0.2, 0.25) is 0 Å². The highest BCUT2D eigenvalue weighted by atomic mass is 16.5. The minimum atomic E-state index is 0.102. The van der Waals surface area contributed by atoms with Gasteiger partial charge in [0.05, 0.1) is 18.8 Å². The molecule has 2 heterocycles. The lowest BCUT2D eigenvalue weighted by Crippen LogP contribution is -2.42. The number of ether oxygens (including phenoxy) is 1. The van der Waals surface area contributed by atoms with Gasteiger partial charge in [-0.05, 0) is 60.3 Å². The zero-order chi connectivity index (χ0) is 20.6. The van der Waals surface area contributed by atoms with Gasteiger partial charge in [0.1, 0.15) is 0 Å². The number of nitrogens with zero attached hydrogens (tertiary/aromatic N) is 2. The molecule has 1 aliphatic heterocycles. The summed E-state index contributed by atoms with van der Waals surface area (Å²) in [4.78, 5) is 17.4. The van der Waals surface area contributed by atoms with Crippen LogP contribution < -0.4 is 5.32 Å². The molecule has 30 heavy (non-hydrogen) atoms. The molecule has 3 aromatic rings. The van der Waals surface area contributed by atoms with E-state index in [0.717, 1.165) is 37.2 Å². The smallest absolute Gasteiger partial charge is 0.211 e. The van der Waals surface area contributed by atoms with Gasteiger partial charge >= 0.3 is 0 Å². The highest BCUT2D eigenvalue weighted by Crippen LogP contribution is 2.35. The minimum Gasteiger partial charge on any atom is -0.372 e. The molecular formula is C25H27N3O2. The summed E-state index contributed by atoms with van der Waals surface area (Å²) in [6.45, 7) is 2.44. The number of carbonyl (C=O) groups is 1. The molecule has 0 unspecified atom stereocenters. The maximum Gasteiger partial charge on any atom is 0.211 e. The first-order valence-electron chi connectivity index (χ1n) is 10.4. The fraction of sp³-hybridized carbons (Fsp3) is 0.280. The Morgan fingerprint density at radius 2 is 1.87 bits per heavy atom. The van der Waals surface area contributed by atoms with Gasteiger partial charge in [-0.15, -0.1) is 0 Å². The monoisotopic (exact) mass is 401 g/mol. The van der Waals surface area contributed by atoms with Crippen LogP contribution in [0.3, 0.4) is 0 Å². The molecule has 1 aromatic heterocycles. The topological polar surface area (TPSA) is 54.5 Å². The summed E-state index contributed by atoms with van der Waals surface area (Å²) in [5.41, 5.74) is 4.39. The molecule has 4 rings (SSSR count). The van der Waals surface area contributed by atoms with E-state index in [0.29, 0.717) is 13.0 Å². The molecule has 1 N–H and O–H groups in total. The Hall–Kier alpha value is -3.02. The van der Waals surface area contributed by atoms with Gasteiger partial charge in [-0.2, -0.15) is 0 Å². The maximum atomic E-state index is 10.7. The van der Waals surface area contributed by atoms with Crippen LogP contribution in [0.15, 0.2) is 79.1 Å². The van der Waals surface area contributed by atoms with Crippen molar-refractivity contribution in [1.29, 1.82) is 0 Å². The van der Waals surface area contributed by atoms with Gasteiger partial charge in [0.15, 0.2) is 0 Å². The number of pyridine rings is 1. The Morgan fingerprint density at radius 3 is 2.67 bits per heavy atom. The van der Waals surface area contributed by atoms with E-state index in [9.17, 15) is 4.79 Å². The number of nitrogens with one attached hydrogen (secondary N) is 1. The zero-order valence-electron chi connectivity index (χ0n) is 17.0. The van der Waals surface area contributed by atoms with Crippen LogP contribution in [0.4, 0.5) is 5.69 Å². The van der Waals surface area contributed by atoms with Crippen molar-refractivity contribution in [3.63, 3.8) is 0 Å². The zero-order valence-corrected chi connectivity index (χ0v) is 17.0. The summed E-state index contributed by atoms with van der Waals surface area (Å²) in [6, 6.07) is 22.8. The van der Waals surface area contributed by atoms with E-state index in [-0.39, 0.29) is 12.1 Å². The number of rotatable bonds is 8. The first-order chi connectivity index (χ1) is 14.8. The quantitative estimate of drug-likeness (QED) is 0.562. The summed E-state index contributed by atoms with van der Waals surface area (Å²) < 4.78 is 6.47. The summed E-state index contributed by atoms with van der Waals surface area (Å²) >= 11 is 0. The first-order valence-corrected chi connectivity index (χ1v) is 10.4. The molecule has 5 nitrogen and oxygen atoms in total. The van der Waals surface area contributed by atoms with Gasteiger partial charge in [-0.25, -0.2) is 0 Å². The van der Waals surface area contributed by atoms with Crippen molar-refractivity contribution in [2.24, 2.45) is 0 Å². The molecule has 5 heteroatoms. The van der Waals surface area contributed by atoms with E-state index in [1.165, 1.54) is 11.1 Å². The Labute approximate surface area is 177 Å². The molecule has 1 fully saturated rings. The lowest BCUT2D eigenvalue weighted by Gasteiger charge is -2.41. The third-order valence-electron chi connectivity index (χ3n) is 5.57. The van der Waals surface area contributed by atoms with Crippen molar-refractivity contribution in [2.75, 3.05) is 11.9 Å². The second-order valence-electron chi connectivity index (χ2n) is 7.64. The Bertz CT molecular complexity index is 933. The lowest BCUT2D eigenvalue weighted by atomic mass is 9.91. The molecule has 1 amide bonds. The molecule has 0 radical (unpaired) electrons. The second-order valence-corrected chi connectivity index (χ2v) is 7.64. The van der Waals surface area contributed by atoms with Gasteiger partial charge < -0.3 is 10.1 Å². The number of piperidine rings is 1. The molecule has 1 aliphatic rings. The summed E-state index contributed by atoms with van der Waals surface area (Å²) in [6.07, 6.45) is 6.63. The van der Waals surface area contributed by atoms with Crippen molar-refractivity contribution in [3.8, 4) is 0 Å². The molecule has 1 saturated heterocycles. The van der Waals surface area contributed by atoms with Crippen molar-refractivity contribution in [1.82, 2.24) is 9.88 Å². The summed E-state index contributed by atoms with van der Waals surface area (Å²) in [5, 5.41) is 2.71. The van der Waals surface area contributed by atoms with E-state index in [4.69, 9.17) is 4.74 Å². The second kappa shape index (κ2) is 10.1. The van der Waals surface area contributed by atoms with Crippen molar-refractivity contribution in [2.45, 2.75) is 38.1 Å². The normalized spacial score (nSPS) is 19.3. The summed E-state index contributed by atoms with van der Waals surface area (Å²) in [7, 11) is 0. The van der Waals surface area contributed by atoms with E-state index in [1.54, 1.807) is 0 Å². The fourth-order valence-electron chi connectivity index (χ4n) is 4.20. The molecule has 0 spiro atoms. The van der Waals surface area contributed by atoms with Gasteiger partial charge in [0, 0.05) is 24.6 Å². The van der Waals surface area contributed by atoms with E-state index >= 15 is 0 Å². The first kappa shape index (κ1) is 20.3. The number of likely N-dealkylation sites (tertiary alicyclic amines) is 1. The highest BCUT2D eigenvalue weighted by Gasteiger charge is 2.33. The summed E-state index contributed by atoms with van der Waals surface area (Å²) in [5.74, 6) is 0. The predicted octanol–water partition coefficient (Wildman–Crippen LogP) is 4.57. The van der Waals surface area contributed by atoms with Crippen LogP contribution in [-0.4, -0.2) is 28.9 Å².